The second-order valence-electron chi connectivity index (χ2n) is 4.97. The lowest BCUT2D eigenvalue weighted by Gasteiger charge is -2.27. The first-order valence-corrected chi connectivity index (χ1v) is 9.96. The van der Waals surface area contributed by atoms with Gasteiger partial charge in [0.25, 0.3) is 0 Å². The molecular formula is C13H27N3O3Si. The maximum Gasteiger partial charge on any atom is 0.334 e. The molecule has 0 atom stereocenters. The van der Waals surface area contributed by atoms with Gasteiger partial charge in [-0.3, -0.25) is 4.79 Å². The first kappa shape index (κ1) is 19.1. The van der Waals surface area contributed by atoms with Crippen molar-refractivity contribution in [3.63, 3.8) is 0 Å². The quantitative estimate of drug-likeness (QED) is 0.177. The smallest absolute Gasteiger partial charge is 0.334 e. The Labute approximate surface area is 122 Å². The van der Waals surface area contributed by atoms with Crippen LogP contribution >= 0.6 is 0 Å². The topological polar surface area (TPSA) is 84.3 Å². The highest BCUT2D eigenvalue weighted by Gasteiger charge is 2.30. The molecule has 0 saturated heterocycles. The molecule has 0 N–H and O–H groups in total. The van der Waals surface area contributed by atoms with Crippen LogP contribution in [-0.2, 0) is 13.6 Å². The van der Waals surface area contributed by atoms with Gasteiger partial charge >= 0.3 is 8.56 Å². The number of nitrogens with zero attached hydrogens (tertiary/aromatic N) is 3. The number of hydrogen-bond acceptors (Lipinski definition) is 3. The fourth-order valence-corrected chi connectivity index (χ4v) is 4.05. The Balaban J connectivity index is 4.20. The summed E-state index contributed by atoms with van der Waals surface area (Å²) in [6.07, 6.45) is 5.15. The van der Waals surface area contributed by atoms with Crippen molar-refractivity contribution in [1.82, 2.24) is 0 Å². The SMILES string of the molecule is CCCCO[Si](C)(CCCC(=O)N=[N+]=[N-])OCCCC. The fraction of sp³-hybridized carbons (Fsp3) is 0.923. The molecule has 116 valence electrons. The molecule has 0 fully saturated rings. The lowest BCUT2D eigenvalue weighted by molar-refractivity contribution is -0.118. The molecule has 20 heavy (non-hydrogen) atoms. The third kappa shape index (κ3) is 9.97. The number of rotatable bonds is 12. The highest BCUT2D eigenvalue weighted by atomic mass is 28.4. The van der Waals surface area contributed by atoms with E-state index in [2.05, 4.69) is 30.4 Å². The predicted octanol–water partition coefficient (Wildman–Crippen LogP) is 4.31. The van der Waals surface area contributed by atoms with Crippen LogP contribution in [0.15, 0.2) is 5.11 Å². The highest BCUT2D eigenvalue weighted by molar-refractivity contribution is 6.66. The number of hydrogen-bond donors (Lipinski definition) is 0. The van der Waals surface area contributed by atoms with Gasteiger partial charge in [0.1, 0.15) is 0 Å². The van der Waals surface area contributed by atoms with Gasteiger partial charge in [0.15, 0.2) is 0 Å². The van der Waals surface area contributed by atoms with Crippen LogP contribution in [0.5, 0.6) is 0 Å². The minimum atomic E-state index is -2.20. The summed E-state index contributed by atoms with van der Waals surface area (Å²) in [5.74, 6) is -0.411. The first-order valence-electron chi connectivity index (χ1n) is 7.43. The van der Waals surface area contributed by atoms with Crippen molar-refractivity contribution in [3.05, 3.63) is 10.4 Å². The Bertz CT molecular complexity index is 310. The molecule has 7 heteroatoms. The van der Waals surface area contributed by atoms with Crippen LogP contribution in [0, 0.1) is 0 Å². The molecule has 0 unspecified atom stereocenters. The average Bonchev–Trinajstić information content (AvgIpc) is 2.40. The van der Waals surface area contributed by atoms with E-state index in [1.807, 2.05) is 0 Å². The number of azide groups is 1. The number of carbonyl (C=O) groups excluding carboxylic acids is 1. The summed E-state index contributed by atoms with van der Waals surface area (Å²) in [5.41, 5.74) is 8.18. The molecule has 0 aromatic carbocycles. The van der Waals surface area contributed by atoms with Gasteiger partial charge in [-0.15, -0.1) is 0 Å². The molecule has 0 aliphatic rings. The summed E-state index contributed by atoms with van der Waals surface area (Å²) in [6, 6.07) is 0.757. The zero-order chi connectivity index (χ0) is 15.3. The summed E-state index contributed by atoms with van der Waals surface area (Å²) >= 11 is 0. The predicted molar refractivity (Wildman–Crippen MR) is 81.5 cm³/mol. The van der Waals surface area contributed by atoms with Crippen molar-refractivity contribution in [2.45, 2.75) is 65.0 Å². The Morgan fingerprint density at radius 3 is 2.15 bits per heavy atom. The Kier molecular flexibility index (Phi) is 11.4. The standard InChI is InChI=1S/C13H27N3O3Si/c1-4-6-10-18-20(3,19-11-7-5-2)12-8-9-13(17)15-16-14/h4-12H2,1-3H3. The van der Waals surface area contributed by atoms with Crippen molar-refractivity contribution < 1.29 is 13.6 Å². The van der Waals surface area contributed by atoms with Gasteiger partial charge in [-0.05, 0) is 42.5 Å². The van der Waals surface area contributed by atoms with Crippen molar-refractivity contribution in [3.8, 4) is 0 Å². The van der Waals surface area contributed by atoms with Gasteiger partial charge in [-0.1, -0.05) is 26.7 Å². The van der Waals surface area contributed by atoms with Crippen molar-refractivity contribution in [2.75, 3.05) is 13.2 Å². The maximum absolute atomic E-state index is 11.2. The van der Waals surface area contributed by atoms with Crippen LogP contribution in [0.4, 0.5) is 0 Å². The van der Waals surface area contributed by atoms with Crippen LogP contribution in [0.1, 0.15) is 52.4 Å². The van der Waals surface area contributed by atoms with Gasteiger partial charge in [-0.2, -0.15) is 0 Å². The molecule has 0 spiro atoms. The third-order valence-electron chi connectivity index (χ3n) is 2.99. The third-order valence-corrected chi connectivity index (χ3v) is 5.88. The van der Waals surface area contributed by atoms with E-state index in [1.165, 1.54) is 0 Å². The van der Waals surface area contributed by atoms with Crippen LogP contribution < -0.4 is 0 Å². The molecule has 0 bridgehead atoms. The second kappa shape index (κ2) is 11.9. The average molecular weight is 301 g/mol. The number of unbranched alkanes of at least 4 members (excludes halogenated alkanes) is 2. The summed E-state index contributed by atoms with van der Waals surface area (Å²) in [5, 5.41) is 3.07. The van der Waals surface area contributed by atoms with E-state index in [-0.39, 0.29) is 6.42 Å². The molecule has 0 radical (unpaired) electrons. The van der Waals surface area contributed by atoms with Crippen LogP contribution in [0.25, 0.3) is 10.4 Å². The monoisotopic (exact) mass is 301 g/mol. The minimum Gasteiger partial charge on any atom is -0.394 e. The zero-order valence-electron chi connectivity index (χ0n) is 12.9. The lowest BCUT2D eigenvalue weighted by atomic mass is 10.3. The molecular weight excluding hydrogens is 274 g/mol. The van der Waals surface area contributed by atoms with E-state index in [1.54, 1.807) is 0 Å². The van der Waals surface area contributed by atoms with Crippen LogP contribution in [0.2, 0.25) is 12.6 Å². The first-order chi connectivity index (χ1) is 9.58. The van der Waals surface area contributed by atoms with E-state index >= 15 is 0 Å². The Morgan fingerprint density at radius 1 is 1.15 bits per heavy atom. The lowest BCUT2D eigenvalue weighted by Crippen LogP contribution is -2.39. The summed E-state index contributed by atoms with van der Waals surface area (Å²) < 4.78 is 11.9. The van der Waals surface area contributed by atoms with Crippen LogP contribution in [-0.4, -0.2) is 27.7 Å². The van der Waals surface area contributed by atoms with Crippen molar-refractivity contribution in [1.29, 1.82) is 0 Å². The van der Waals surface area contributed by atoms with Gasteiger partial charge in [0.05, 0.1) is 0 Å². The van der Waals surface area contributed by atoms with E-state index in [9.17, 15) is 4.79 Å². The normalized spacial score (nSPS) is 11.2. The maximum atomic E-state index is 11.2. The minimum absolute atomic E-state index is 0.265. The van der Waals surface area contributed by atoms with Gasteiger partial charge in [0, 0.05) is 24.5 Å². The zero-order valence-corrected chi connectivity index (χ0v) is 13.9. The number of amides is 1. The van der Waals surface area contributed by atoms with Gasteiger partial charge in [-0.25, -0.2) is 0 Å². The molecule has 0 rings (SSSR count). The molecule has 0 aromatic rings. The molecule has 6 nitrogen and oxygen atoms in total. The van der Waals surface area contributed by atoms with Crippen LogP contribution in [0.3, 0.4) is 0 Å². The van der Waals surface area contributed by atoms with Crippen molar-refractivity contribution in [2.24, 2.45) is 5.11 Å². The molecule has 0 aliphatic carbocycles. The molecule has 1 amide bonds. The molecule has 0 aliphatic heterocycles. The van der Waals surface area contributed by atoms with Crippen molar-refractivity contribution >= 4 is 14.5 Å². The van der Waals surface area contributed by atoms with E-state index in [0.717, 1.165) is 44.9 Å². The Hall–Kier alpha value is -0.883. The number of carbonyl (C=O) groups is 1. The fourth-order valence-electron chi connectivity index (χ4n) is 1.71. The molecule has 0 aromatic heterocycles. The summed E-state index contributed by atoms with van der Waals surface area (Å²) in [4.78, 5) is 13.7. The van der Waals surface area contributed by atoms with Gasteiger partial charge < -0.3 is 8.85 Å². The second-order valence-corrected chi connectivity index (χ2v) is 8.32. The largest absolute Gasteiger partial charge is 0.394 e. The van der Waals surface area contributed by atoms with Gasteiger partial charge in [0.2, 0.25) is 5.91 Å². The van der Waals surface area contributed by atoms with E-state index in [0.29, 0.717) is 6.42 Å². The molecule has 0 heterocycles. The molecule has 0 saturated carbocycles. The highest BCUT2D eigenvalue weighted by Crippen LogP contribution is 2.19. The Morgan fingerprint density at radius 2 is 1.70 bits per heavy atom. The summed E-state index contributed by atoms with van der Waals surface area (Å²) in [7, 11) is -2.20. The summed E-state index contributed by atoms with van der Waals surface area (Å²) in [6.45, 7) is 7.74. The van der Waals surface area contributed by atoms with E-state index in [4.69, 9.17) is 14.4 Å². The van der Waals surface area contributed by atoms with E-state index < -0.39 is 14.5 Å².